The standard InChI is InChI=1S/C16H11ClO3/c17-13(14(18)10-6-2-1-3-7-10)15-11-8-4-5-9-12(11)16(19)20-15/h1-9,13,15H. The predicted molar refractivity (Wildman–Crippen MR) is 75.0 cm³/mol. The molecule has 0 fully saturated rings. The second-order valence-electron chi connectivity index (χ2n) is 4.55. The summed E-state index contributed by atoms with van der Waals surface area (Å²) in [5, 5.41) is -0.926. The van der Waals surface area contributed by atoms with Gasteiger partial charge in [-0.25, -0.2) is 4.79 Å². The zero-order chi connectivity index (χ0) is 14.1. The van der Waals surface area contributed by atoms with Crippen LogP contribution < -0.4 is 0 Å². The largest absolute Gasteiger partial charge is 0.452 e. The highest BCUT2D eigenvalue weighted by atomic mass is 35.5. The van der Waals surface area contributed by atoms with Gasteiger partial charge < -0.3 is 4.74 Å². The second-order valence-corrected chi connectivity index (χ2v) is 5.02. The van der Waals surface area contributed by atoms with Crippen molar-refractivity contribution in [2.24, 2.45) is 0 Å². The normalized spacial score (nSPS) is 18.2. The molecular weight excluding hydrogens is 276 g/mol. The van der Waals surface area contributed by atoms with Crippen molar-refractivity contribution < 1.29 is 14.3 Å². The molecule has 0 aliphatic carbocycles. The van der Waals surface area contributed by atoms with E-state index < -0.39 is 17.5 Å². The van der Waals surface area contributed by atoms with E-state index in [1.165, 1.54) is 0 Å². The van der Waals surface area contributed by atoms with Crippen LogP contribution in [0.2, 0.25) is 0 Å². The SMILES string of the molecule is O=C1OC(C(Cl)C(=O)c2ccccc2)c2ccccc21. The van der Waals surface area contributed by atoms with Gasteiger partial charge in [0, 0.05) is 11.1 Å². The molecule has 3 rings (SSSR count). The van der Waals surface area contributed by atoms with E-state index in [1.807, 2.05) is 6.07 Å². The number of rotatable bonds is 3. The first-order valence-corrected chi connectivity index (χ1v) is 6.65. The Kier molecular flexibility index (Phi) is 3.28. The molecule has 2 aromatic rings. The summed E-state index contributed by atoms with van der Waals surface area (Å²) < 4.78 is 5.24. The number of halogens is 1. The molecule has 0 radical (unpaired) electrons. The Morgan fingerprint density at radius 2 is 1.70 bits per heavy atom. The van der Waals surface area contributed by atoms with Crippen molar-refractivity contribution in [3.05, 3.63) is 71.3 Å². The summed E-state index contributed by atoms with van der Waals surface area (Å²) in [6.07, 6.45) is -0.729. The lowest BCUT2D eigenvalue weighted by molar-refractivity contribution is 0.0375. The Balaban J connectivity index is 1.91. The number of cyclic esters (lactones) is 1. The van der Waals surface area contributed by atoms with Gasteiger partial charge in [-0.1, -0.05) is 48.5 Å². The molecule has 2 unspecified atom stereocenters. The number of alkyl halides is 1. The van der Waals surface area contributed by atoms with Gasteiger partial charge in [0.25, 0.3) is 0 Å². The van der Waals surface area contributed by atoms with Gasteiger partial charge in [0.1, 0.15) is 5.38 Å². The zero-order valence-corrected chi connectivity index (χ0v) is 11.2. The minimum Gasteiger partial charge on any atom is -0.452 e. The summed E-state index contributed by atoms with van der Waals surface area (Å²) in [7, 11) is 0. The van der Waals surface area contributed by atoms with Gasteiger partial charge in [0.05, 0.1) is 5.56 Å². The maximum absolute atomic E-state index is 12.3. The molecule has 1 heterocycles. The van der Waals surface area contributed by atoms with Crippen LogP contribution in [-0.4, -0.2) is 17.1 Å². The van der Waals surface area contributed by atoms with Crippen LogP contribution in [0.5, 0.6) is 0 Å². The fourth-order valence-electron chi connectivity index (χ4n) is 2.29. The number of benzene rings is 2. The number of Topliss-reactive ketones (excluding diaryl/α,β-unsaturated/α-hetero) is 1. The molecule has 1 aliphatic rings. The van der Waals surface area contributed by atoms with E-state index in [1.54, 1.807) is 48.5 Å². The van der Waals surface area contributed by atoms with Gasteiger partial charge in [-0.05, 0) is 6.07 Å². The lowest BCUT2D eigenvalue weighted by atomic mass is 9.98. The molecule has 2 aromatic carbocycles. The number of fused-ring (bicyclic) bond motifs is 1. The van der Waals surface area contributed by atoms with E-state index in [0.29, 0.717) is 16.7 Å². The molecule has 0 spiro atoms. The van der Waals surface area contributed by atoms with Gasteiger partial charge in [-0.15, -0.1) is 11.6 Å². The van der Waals surface area contributed by atoms with Crippen LogP contribution in [0.3, 0.4) is 0 Å². The maximum atomic E-state index is 12.3. The third kappa shape index (κ3) is 2.10. The predicted octanol–water partition coefficient (Wildman–Crippen LogP) is 3.39. The van der Waals surface area contributed by atoms with E-state index in [9.17, 15) is 9.59 Å². The maximum Gasteiger partial charge on any atom is 0.339 e. The highest BCUT2D eigenvalue weighted by Crippen LogP contribution is 2.36. The van der Waals surface area contributed by atoms with Gasteiger partial charge in [0.15, 0.2) is 11.9 Å². The summed E-state index contributed by atoms with van der Waals surface area (Å²) in [6, 6.07) is 15.7. The molecule has 0 N–H and O–H groups in total. The number of carbonyl (C=O) groups excluding carboxylic acids is 2. The van der Waals surface area contributed by atoms with Crippen molar-refractivity contribution in [1.82, 2.24) is 0 Å². The monoisotopic (exact) mass is 286 g/mol. The fraction of sp³-hybridized carbons (Fsp3) is 0.125. The second kappa shape index (κ2) is 5.10. The Morgan fingerprint density at radius 3 is 2.45 bits per heavy atom. The van der Waals surface area contributed by atoms with Crippen molar-refractivity contribution >= 4 is 23.4 Å². The molecule has 3 nitrogen and oxygen atoms in total. The molecule has 0 saturated carbocycles. The minimum absolute atomic E-state index is 0.248. The molecule has 1 aliphatic heterocycles. The van der Waals surface area contributed by atoms with Gasteiger partial charge in [-0.3, -0.25) is 4.79 Å². The molecule has 4 heteroatoms. The van der Waals surface area contributed by atoms with E-state index in [0.717, 1.165) is 0 Å². The van der Waals surface area contributed by atoms with Gasteiger partial charge in [-0.2, -0.15) is 0 Å². The molecular formula is C16H11ClO3. The summed E-state index contributed by atoms with van der Waals surface area (Å²) >= 11 is 6.24. The molecule has 100 valence electrons. The van der Waals surface area contributed by atoms with E-state index >= 15 is 0 Å². The molecule has 20 heavy (non-hydrogen) atoms. The molecule has 0 amide bonds. The summed E-state index contributed by atoms with van der Waals surface area (Å²) in [5.41, 5.74) is 1.65. The highest BCUT2D eigenvalue weighted by Gasteiger charge is 2.39. The van der Waals surface area contributed by atoms with Crippen molar-refractivity contribution in [3.8, 4) is 0 Å². The Morgan fingerprint density at radius 1 is 1.05 bits per heavy atom. The van der Waals surface area contributed by atoms with Crippen LogP contribution in [0.1, 0.15) is 32.4 Å². The third-order valence-corrected chi connectivity index (χ3v) is 3.72. The lowest BCUT2D eigenvalue weighted by Gasteiger charge is -2.16. The van der Waals surface area contributed by atoms with E-state index in [-0.39, 0.29) is 5.78 Å². The first-order valence-electron chi connectivity index (χ1n) is 6.22. The summed E-state index contributed by atoms with van der Waals surface area (Å²) in [5.74, 6) is -0.682. The van der Waals surface area contributed by atoms with Crippen molar-refractivity contribution in [3.63, 3.8) is 0 Å². The zero-order valence-electron chi connectivity index (χ0n) is 10.5. The van der Waals surface area contributed by atoms with Crippen molar-refractivity contribution in [2.45, 2.75) is 11.5 Å². The molecule has 0 saturated heterocycles. The average Bonchev–Trinajstić information content (AvgIpc) is 2.84. The average molecular weight is 287 g/mol. The first kappa shape index (κ1) is 12.9. The minimum atomic E-state index is -0.926. The number of esters is 1. The smallest absolute Gasteiger partial charge is 0.339 e. The topological polar surface area (TPSA) is 43.4 Å². The summed E-state index contributed by atoms with van der Waals surface area (Å²) in [4.78, 5) is 24.1. The quantitative estimate of drug-likeness (QED) is 0.493. The van der Waals surface area contributed by atoms with Crippen LogP contribution in [0, 0.1) is 0 Å². The Hall–Kier alpha value is -2.13. The number of ketones is 1. The van der Waals surface area contributed by atoms with Gasteiger partial charge >= 0.3 is 5.97 Å². The van der Waals surface area contributed by atoms with E-state index in [4.69, 9.17) is 16.3 Å². The molecule has 0 bridgehead atoms. The lowest BCUT2D eigenvalue weighted by Crippen LogP contribution is -2.23. The van der Waals surface area contributed by atoms with Crippen LogP contribution in [-0.2, 0) is 4.74 Å². The van der Waals surface area contributed by atoms with Crippen molar-refractivity contribution in [2.75, 3.05) is 0 Å². The fourth-order valence-corrected chi connectivity index (χ4v) is 2.60. The number of hydrogen-bond donors (Lipinski definition) is 0. The number of hydrogen-bond acceptors (Lipinski definition) is 3. The highest BCUT2D eigenvalue weighted by molar-refractivity contribution is 6.34. The third-order valence-electron chi connectivity index (χ3n) is 3.30. The summed E-state index contributed by atoms with van der Waals surface area (Å²) in [6.45, 7) is 0. The first-order chi connectivity index (χ1) is 9.68. The van der Waals surface area contributed by atoms with Crippen LogP contribution in [0.25, 0.3) is 0 Å². The van der Waals surface area contributed by atoms with Crippen LogP contribution in [0.15, 0.2) is 54.6 Å². The number of ether oxygens (including phenoxy) is 1. The van der Waals surface area contributed by atoms with Gasteiger partial charge in [0.2, 0.25) is 0 Å². The van der Waals surface area contributed by atoms with Crippen LogP contribution >= 0.6 is 11.6 Å². The molecule has 0 aromatic heterocycles. The number of carbonyl (C=O) groups is 2. The molecule has 2 atom stereocenters. The Bertz CT molecular complexity index is 666. The van der Waals surface area contributed by atoms with Crippen molar-refractivity contribution in [1.29, 1.82) is 0 Å². The van der Waals surface area contributed by atoms with E-state index in [2.05, 4.69) is 0 Å². The Labute approximate surface area is 121 Å². The van der Waals surface area contributed by atoms with Crippen LogP contribution in [0.4, 0.5) is 0 Å².